The van der Waals surface area contributed by atoms with Crippen LogP contribution in [-0.2, 0) is 0 Å². The van der Waals surface area contributed by atoms with Crippen molar-refractivity contribution in [2.24, 2.45) is 17.8 Å². The second-order valence-electron chi connectivity index (χ2n) is 6.14. The lowest BCUT2D eigenvalue weighted by Gasteiger charge is -2.24. The van der Waals surface area contributed by atoms with E-state index in [1.54, 1.807) is 0 Å². The van der Waals surface area contributed by atoms with Crippen molar-refractivity contribution in [3.05, 3.63) is 29.3 Å². The van der Waals surface area contributed by atoms with Crippen LogP contribution >= 0.6 is 11.6 Å². The molecule has 110 valence electrons. The van der Waals surface area contributed by atoms with Gasteiger partial charge in [-0.1, -0.05) is 6.42 Å². The van der Waals surface area contributed by atoms with Crippen LogP contribution in [0.25, 0.3) is 0 Å². The van der Waals surface area contributed by atoms with Gasteiger partial charge in [-0.3, -0.25) is 0 Å². The number of benzene rings is 1. The zero-order valence-corrected chi connectivity index (χ0v) is 12.3. The van der Waals surface area contributed by atoms with E-state index in [0.29, 0.717) is 18.3 Å². The molecule has 0 radical (unpaired) electrons. The molecule has 4 unspecified atom stereocenters. The minimum absolute atomic E-state index is 0.00441. The summed E-state index contributed by atoms with van der Waals surface area (Å²) in [5, 5.41) is -0.592. The molecule has 3 rings (SSSR count). The Balaban J connectivity index is 1.75. The molecule has 2 saturated carbocycles. The number of methoxy groups -OCH3 is 1. The third-order valence-corrected chi connectivity index (χ3v) is 5.39. The highest BCUT2D eigenvalue weighted by atomic mass is 35.5. The third-order valence-electron chi connectivity index (χ3n) is 5.00. The quantitative estimate of drug-likeness (QED) is 0.705. The molecule has 0 amide bonds. The smallest absolute Gasteiger partial charge is 0.134 e. The first kappa shape index (κ1) is 14.1. The Morgan fingerprint density at radius 3 is 2.45 bits per heavy atom. The molecule has 1 nitrogen and oxygen atoms in total. The van der Waals surface area contributed by atoms with Crippen molar-refractivity contribution >= 4 is 11.6 Å². The summed E-state index contributed by atoms with van der Waals surface area (Å²) in [4.78, 5) is 0. The standard InChI is InChI=1S/C16H19ClF2O/c1-20-12-7-14(18)16(15(19)8-12)13(17)6-11-5-9-2-3-10(11)4-9/h7-11,13H,2-6H2,1H3. The fraction of sp³-hybridized carbons (Fsp3) is 0.625. The molecule has 0 aliphatic heterocycles. The van der Waals surface area contributed by atoms with E-state index in [0.717, 1.165) is 5.92 Å². The van der Waals surface area contributed by atoms with E-state index in [-0.39, 0.29) is 11.3 Å². The predicted molar refractivity (Wildman–Crippen MR) is 75.1 cm³/mol. The number of rotatable bonds is 4. The summed E-state index contributed by atoms with van der Waals surface area (Å²) in [6, 6.07) is 2.41. The highest BCUT2D eigenvalue weighted by Gasteiger charge is 2.40. The first-order chi connectivity index (χ1) is 9.58. The molecule has 1 aromatic rings. The molecular weight excluding hydrogens is 282 g/mol. The van der Waals surface area contributed by atoms with Crippen molar-refractivity contribution < 1.29 is 13.5 Å². The normalized spacial score (nSPS) is 29.7. The number of hydrogen-bond acceptors (Lipinski definition) is 1. The fourth-order valence-corrected chi connectivity index (χ4v) is 4.46. The summed E-state index contributed by atoms with van der Waals surface area (Å²) < 4.78 is 32.9. The Bertz CT molecular complexity index is 482. The van der Waals surface area contributed by atoms with Gasteiger partial charge in [0.25, 0.3) is 0 Å². The van der Waals surface area contributed by atoms with Crippen LogP contribution < -0.4 is 4.74 Å². The van der Waals surface area contributed by atoms with Crippen LogP contribution in [0.15, 0.2) is 12.1 Å². The van der Waals surface area contributed by atoms with Crippen molar-refractivity contribution in [2.45, 2.75) is 37.5 Å². The minimum Gasteiger partial charge on any atom is -0.497 e. The van der Waals surface area contributed by atoms with Crippen LogP contribution in [0.5, 0.6) is 5.75 Å². The van der Waals surface area contributed by atoms with Crippen LogP contribution in [0.4, 0.5) is 8.78 Å². The Labute approximate surface area is 123 Å². The van der Waals surface area contributed by atoms with Gasteiger partial charge in [0.1, 0.15) is 17.4 Å². The topological polar surface area (TPSA) is 9.23 Å². The maximum atomic E-state index is 14.0. The molecule has 0 heterocycles. The summed E-state index contributed by atoms with van der Waals surface area (Å²) in [7, 11) is 1.39. The van der Waals surface area contributed by atoms with E-state index < -0.39 is 17.0 Å². The van der Waals surface area contributed by atoms with Gasteiger partial charge in [0.05, 0.1) is 12.5 Å². The maximum Gasteiger partial charge on any atom is 0.134 e. The lowest BCUT2D eigenvalue weighted by Crippen LogP contribution is -2.13. The van der Waals surface area contributed by atoms with Crippen LogP contribution in [-0.4, -0.2) is 7.11 Å². The molecule has 0 saturated heterocycles. The van der Waals surface area contributed by atoms with E-state index in [9.17, 15) is 8.78 Å². The van der Waals surface area contributed by atoms with Gasteiger partial charge in [-0.05, 0) is 43.4 Å². The molecule has 2 bridgehead atoms. The molecule has 4 atom stereocenters. The van der Waals surface area contributed by atoms with Crippen molar-refractivity contribution in [2.75, 3.05) is 7.11 Å². The Hall–Kier alpha value is -0.830. The summed E-state index contributed by atoms with van der Waals surface area (Å²) in [6.07, 6.45) is 5.70. The van der Waals surface area contributed by atoms with Crippen molar-refractivity contribution in [1.82, 2.24) is 0 Å². The minimum atomic E-state index is -0.606. The van der Waals surface area contributed by atoms with Gasteiger partial charge >= 0.3 is 0 Å². The molecular formula is C16H19ClF2O. The van der Waals surface area contributed by atoms with Gasteiger partial charge in [-0.2, -0.15) is 0 Å². The second-order valence-corrected chi connectivity index (χ2v) is 6.67. The Morgan fingerprint density at radius 1 is 1.25 bits per heavy atom. The highest BCUT2D eigenvalue weighted by Crippen LogP contribution is 2.52. The van der Waals surface area contributed by atoms with E-state index in [1.807, 2.05) is 0 Å². The molecule has 2 aliphatic carbocycles. The van der Waals surface area contributed by atoms with Crippen LogP contribution in [0.3, 0.4) is 0 Å². The van der Waals surface area contributed by atoms with E-state index in [1.165, 1.54) is 44.9 Å². The third kappa shape index (κ3) is 2.52. The Morgan fingerprint density at radius 2 is 1.95 bits per heavy atom. The lowest BCUT2D eigenvalue weighted by atomic mass is 9.84. The molecule has 0 spiro atoms. The van der Waals surface area contributed by atoms with Gasteiger partial charge in [0, 0.05) is 17.7 Å². The molecule has 4 heteroatoms. The summed E-state index contributed by atoms with van der Waals surface area (Å²) in [6.45, 7) is 0. The first-order valence-electron chi connectivity index (χ1n) is 7.25. The molecule has 1 aromatic carbocycles. The van der Waals surface area contributed by atoms with Gasteiger partial charge in [-0.25, -0.2) is 8.78 Å². The number of halogens is 3. The number of ether oxygens (including phenoxy) is 1. The SMILES string of the molecule is COc1cc(F)c(C(Cl)CC2CC3CCC2C3)c(F)c1. The average Bonchev–Trinajstić information content (AvgIpc) is 2.99. The average molecular weight is 301 g/mol. The first-order valence-corrected chi connectivity index (χ1v) is 7.69. The molecule has 0 N–H and O–H groups in total. The monoisotopic (exact) mass is 300 g/mol. The number of alkyl halides is 1. The van der Waals surface area contributed by atoms with Crippen LogP contribution in [0, 0.1) is 29.4 Å². The van der Waals surface area contributed by atoms with E-state index >= 15 is 0 Å². The summed E-state index contributed by atoms with van der Waals surface area (Å²) in [5.41, 5.74) is -0.00441. The van der Waals surface area contributed by atoms with Gasteiger partial charge < -0.3 is 4.74 Å². The number of hydrogen-bond donors (Lipinski definition) is 0. The molecule has 0 aromatic heterocycles. The number of fused-ring (bicyclic) bond motifs is 2. The summed E-state index contributed by atoms with van der Waals surface area (Å²) >= 11 is 6.31. The van der Waals surface area contributed by atoms with Gasteiger partial charge in [0.15, 0.2) is 0 Å². The Kier molecular flexibility index (Phi) is 3.89. The van der Waals surface area contributed by atoms with Crippen molar-refractivity contribution in [1.29, 1.82) is 0 Å². The molecule has 2 fully saturated rings. The van der Waals surface area contributed by atoms with E-state index in [2.05, 4.69) is 0 Å². The van der Waals surface area contributed by atoms with Gasteiger partial charge in [-0.15, -0.1) is 11.6 Å². The molecule has 2 aliphatic rings. The van der Waals surface area contributed by atoms with Crippen molar-refractivity contribution in [3.8, 4) is 5.75 Å². The summed E-state index contributed by atoms with van der Waals surface area (Å²) in [5.74, 6) is 1.03. The van der Waals surface area contributed by atoms with Crippen LogP contribution in [0.2, 0.25) is 0 Å². The van der Waals surface area contributed by atoms with Crippen LogP contribution in [0.1, 0.15) is 43.0 Å². The maximum absolute atomic E-state index is 14.0. The second kappa shape index (κ2) is 5.51. The molecule has 20 heavy (non-hydrogen) atoms. The largest absolute Gasteiger partial charge is 0.497 e. The predicted octanol–water partition coefficient (Wildman–Crippen LogP) is 5.08. The zero-order chi connectivity index (χ0) is 14.3. The lowest BCUT2D eigenvalue weighted by molar-refractivity contribution is 0.309. The van der Waals surface area contributed by atoms with Crippen molar-refractivity contribution in [3.63, 3.8) is 0 Å². The van der Waals surface area contributed by atoms with E-state index in [4.69, 9.17) is 16.3 Å². The zero-order valence-electron chi connectivity index (χ0n) is 11.5. The fourth-order valence-electron chi connectivity index (χ4n) is 4.03. The van der Waals surface area contributed by atoms with Gasteiger partial charge in [0.2, 0.25) is 0 Å². The highest BCUT2D eigenvalue weighted by molar-refractivity contribution is 6.20.